The molecule has 0 N–H and O–H groups in total. The Labute approximate surface area is 123 Å². The molecule has 3 heteroatoms. The van der Waals surface area contributed by atoms with Gasteiger partial charge in [0.2, 0.25) is 0 Å². The maximum Gasteiger partial charge on any atom is 0.119 e. The zero-order valence-corrected chi connectivity index (χ0v) is 12.8. The van der Waals surface area contributed by atoms with Crippen molar-refractivity contribution in [2.24, 2.45) is 0 Å². The molecule has 0 aromatic heterocycles. The second kappa shape index (κ2) is 9.22. The molecule has 1 saturated heterocycles. The molecule has 19 heavy (non-hydrogen) atoms. The van der Waals surface area contributed by atoms with Crippen molar-refractivity contribution in [2.45, 2.75) is 39.0 Å². The number of aryl methyl sites for hydroxylation is 1. The lowest BCUT2D eigenvalue weighted by atomic mass is 10.1. The molecule has 1 aliphatic rings. The lowest BCUT2D eigenvalue weighted by molar-refractivity contribution is 0.205. The van der Waals surface area contributed by atoms with Crippen molar-refractivity contribution in [1.82, 2.24) is 4.90 Å². The SMILES string of the molecule is CCc1ccc(OCCCN2CCCCC2)cc1.Cl. The highest BCUT2D eigenvalue weighted by molar-refractivity contribution is 5.85. The Kier molecular flexibility index (Phi) is 7.92. The van der Waals surface area contributed by atoms with E-state index >= 15 is 0 Å². The molecule has 1 aliphatic heterocycles. The van der Waals surface area contributed by atoms with Gasteiger partial charge >= 0.3 is 0 Å². The monoisotopic (exact) mass is 283 g/mol. The molecule has 1 fully saturated rings. The quantitative estimate of drug-likeness (QED) is 0.734. The average Bonchev–Trinajstić information content (AvgIpc) is 2.45. The Morgan fingerprint density at radius 3 is 2.37 bits per heavy atom. The molecule has 0 radical (unpaired) electrons. The second-order valence-corrected chi connectivity index (χ2v) is 5.10. The van der Waals surface area contributed by atoms with Gasteiger partial charge in [0.05, 0.1) is 6.61 Å². The summed E-state index contributed by atoms with van der Waals surface area (Å²) in [6.07, 6.45) is 6.39. The lowest BCUT2D eigenvalue weighted by Gasteiger charge is -2.26. The van der Waals surface area contributed by atoms with E-state index in [0.29, 0.717) is 0 Å². The molecule has 0 spiro atoms. The standard InChI is InChI=1S/C16H25NO.ClH/c1-2-15-7-9-16(10-8-15)18-14-6-13-17-11-4-3-5-12-17;/h7-10H,2-6,11-14H2,1H3;1H. The van der Waals surface area contributed by atoms with Gasteiger partial charge < -0.3 is 9.64 Å². The Hall–Kier alpha value is -0.730. The smallest absolute Gasteiger partial charge is 0.119 e. The minimum atomic E-state index is 0. The number of hydrogen-bond acceptors (Lipinski definition) is 2. The Bertz CT molecular complexity index is 333. The first-order chi connectivity index (χ1) is 8.88. The van der Waals surface area contributed by atoms with E-state index < -0.39 is 0 Å². The fraction of sp³-hybridized carbons (Fsp3) is 0.625. The van der Waals surface area contributed by atoms with Crippen LogP contribution in [0, 0.1) is 0 Å². The Morgan fingerprint density at radius 2 is 1.74 bits per heavy atom. The average molecular weight is 284 g/mol. The number of nitrogens with zero attached hydrogens (tertiary/aromatic N) is 1. The predicted octanol–water partition coefficient (Wildman–Crippen LogP) is 3.93. The number of benzene rings is 1. The van der Waals surface area contributed by atoms with Gasteiger partial charge in [-0.25, -0.2) is 0 Å². The molecule has 108 valence electrons. The summed E-state index contributed by atoms with van der Waals surface area (Å²) < 4.78 is 5.77. The molecule has 2 nitrogen and oxygen atoms in total. The summed E-state index contributed by atoms with van der Waals surface area (Å²) in [5.41, 5.74) is 1.37. The third-order valence-corrected chi connectivity index (χ3v) is 3.67. The summed E-state index contributed by atoms with van der Waals surface area (Å²) in [7, 11) is 0. The van der Waals surface area contributed by atoms with E-state index in [2.05, 4.69) is 36.1 Å². The van der Waals surface area contributed by atoms with Gasteiger partial charge in [0.1, 0.15) is 5.75 Å². The fourth-order valence-electron chi connectivity index (χ4n) is 2.48. The number of rotatable bonds is 6. The fourth-order valence-corrected chi connectivity index (χ4v) is 2.48. The Morgan fingerprint density at radius 1 is 1.05 bits per heavy atom. The van der Waals surface area contributed by atoms with Gasteiger partial charge in [0.15, 0.2) is 0 Å². The number of hydrogen-bond donors (Lipinski definition) is 0. The van der Waals surface area contributed by atoms with Crippen LogP contribution in [0.3, 0.4) is 0 Å². The minimum Gasteiger partial charge on any atom is -0.494 e. The molecule has 0 aliphatic carbocycles. The molecule has 0 amide bonds. The summed E-state index contributed by atoms with van der Waals surface area (Å²) in [6, 6.07) is 8.47. The van der Waals surface area contributed by atoms with Gasteiger partial charge in [-0.15, -0.1) is 12.4 Å². The van der Waals surface area contributed by atoms with E-state index in [0.717, 1.165) is 25.2 Å². The van der Waals surface area contributed by atoms with Crippen LogP contribution in [0.4, 0.5) is 0 Å². The van der Waals surface area contributed by atoms with Crippen LogP contribution in [0.15, 0.2) is 24.3 Å². The first kappa shape index (κ1) is 16.3. The maximum atomic E-state index is 5.77. The Balaban J connectivity index is 0.00000180. The van der Waals surface area contributed by atoms with Crippen molar-refractivity contribution >= 4 is 12.4 Å². The highest BCUT2D eigenvalue weighted by atomic mass is 35.5. The maximum absolute atomic E-state index is 5.77. The van der Waals surface area contributed by atoms with Crippen LogP contribution in [0.25, 0.3) is 0 Å². The van der Waals surface area contributed by atoms with E-state index in [-0.39, 0.29) is 12.4 Å². The highest BCUT2D eigenvalue weighted by Gasteiger charge is 2.08. The molecular weight excluding hydrogens is 258 g/mol. The van der Waals surface area contributed by atoms with Crippen molar-refractivity contribution in [3.63, 3.8) is 0 Å². The summed E-state index contributed by atoms with van der Waals surface area (Å²) in [4.78, 5) is 2.56. The molecule has 1 aromatic rings. The molecule has 1 aromatic carbocycles. The van der Waals surface area contributed by atoms with Crippen LogP contribution in [0.5, 0.6) is 5.75 Å². The predicted molar refractivity (Wildman–Crippen MR) is 83.5 cm³/mol. The first-order valence-corrected chi connectivity index (χ1v) is 7.32. The van der Waals surface area contributed by atoms with Gasteiger partial charge in [0, 0.05) is 6.54 Å². The van der Waals surface area contributed by atoms with Gasteiger partial charge in [-0.05, 0) is 56.5 Å². The van der Waals surface area contributed by atoms with E-state index in [1.165, 1.54) is 44.5 Å². The van der Waals surface area contributed by atoms with Gasteiger partial charge in [-0.3, -0.25) is 0 Å². The molecule has 0 atom stereocenters. The topological polar surface area (TPSA) is 12.5 Å². The second-order valence-electron chi connectivity index (χ2n) is 5.10. The molecule has 0 bridgehead atoms. The van der Waals surface area contributed by atoms with E-state index in [1.54, 1.807) is 0 Å². The molecular formula is C16H26ClNO. The third-order valence-electron chi connectivity index (χ3n) is 3.67. The number of ether oxygens (including phenoxy) is 1. The summed E-state index contributed by atoms with van der Waals surface area (Å²) in [5, 5.41) is 0. The highest BCUT2D eigenvalue weighted by Crippen LogP contribution is 2.13. The van der Waals surface area contributed by atoms with E-state index in [4.69, 9.17) is 4.74 Å². The van der Waals surface area contributed by atoms with Crippen molar-refractivity contribution in [3.05, 3.63) is 29.8 Å². The van der Waals surface area contributed by atoms with Crippen molar-refractivity contribution in [1.29, 1.82) is 0 Å². The zero-order valence-electron chi connectivity index (χ0n) is 11.9. The molecule has 0 saturated carbocycles. The van der Waals surface area contributed by atoms with Crippen molar-refractivity contribution < 1.29 is 4.74 Å². The molecule has 2 rings (SSSR count). The summed E-state index contributed by atoms with van der Waals surface area (Å²) in [6.45, 7) is 6.76. The van der Waals surface area contributed by atoms with Gasteiger partial charge in [-0.1, -0.05) is 25.5 Å². The zero-order chi connectivity index (χ0) is 12.6. The van der Waals surface area contributed by atoms with Crippen LogP contribution in [0.1, 0.15) is 38.2 Å². The van der Waals surface area contributed by atoms with Crippen LogP contribution >= 0.6 is 12.4 Å². The van der Waals surface area contributed by atoms with Gasteiger partial charge in [0.25, 0.3) is 0 Å². The number of piperidine rings is 1. The largest absolute Gasteiger partial charge is 0.494 e. The summed E-state index contributed by atoms with van der Waals surface area (Å²) in [5.74, 6) is 1.01. The first-order valence-electron chi connectivity index (χ1n) is 7.32. The third kappa shape index (κ3) is 5.84. The van der Waals surface area contributed by atoms with E-state index in [9.17, 15) is 0 Å². The summed E-state index contributed by atoms with van der Waals surface area (Å²) >= 11 is 0. The van der Waals surface area contributed by atoms with Crippen LogP contribution in [-0.2, 0) is 6.42 Å². The normalized spacial score (nSPS) is 15.8. The van der Waals surface area contributed by atoms with Crippen LogP contribution in [-0.4, -0.2) is 31.1 Å². The van der Waals surface area contributed by atoms with E-state index in [1.807, 2.05) is 0 Å². The minimum absolute atomic E-state index is 0. The number of halogens is 1. The molecule has 0 unspecified atom stereocenters. The van der Waals surface area contributed by atoms with Crippen molar-refractivity contribution in [3.8, 4) is 5.75 Å². The lowest BCUT2D eigenvalue weighted by Crippen LogP contribution is -2.31. The molecule has 1 heterocycles. The van der Waals surface area contributed by atoms with Crippen LogP contribution < -0.4 is 4.74 Å². The number of likely N-dealkylation sites (tertiary alicyclic amines) is 1. The van der Waals surface area contributed by atoms with Crippen molar-refractivity contribution in [2.75, 3.05) is 26.2 Å². The van der Waals surface area contributed by atoms with Crippen LogP contribution in [0.2, 0.25) is 0 Å². The van der Waals surface area contributed by atoms with Gasteiger partial charge in [-0.2, -0.15) is 0 Å².